The number of para-hydroxylation sites is 1. The van der Waals surface area contributed by atoms with Crippen LogP contribution in [0.15, 0.2) is 58.4 Å². The largest absolute Gasteiger partial charge is 0.488 e. The Morgan fingerprint density at radius 3 is 2.71 bits per heavy atom. The predicted molar refractivity (Wildman–Crippen MR) is 121 cm³/mol. The molecule has 0 amide bonds. The summed E-state index contributed by atoms with van der Waals surface area (Å²) in [4.78, 5) is 4.61. The number of ether oxygens (including phenoxy) is 1. The molecule has 1 heterocycles. The van der Waals surface area contributed by atoms with Crippen LogP contribution in [0.1, 0.15) is 18.1 Å². The maximum atomic E-state index is 11.5. The standard InChI is InChI=1S/C19H24N4O3S.HI/c1-2-21-19(22-12-14-6-5-8-17(10-14)27(20,24)25)23-13-16-11-15-7-3-4-9-18(15)26-16;/h3-10,16H,2,11-13H2,1H3,(H2,20,24,25)(H2,21,22,23);1H. The number of aliphatic imine (C=N–C) groups is 1. The second kappa shape index (κ2) is 10.1. The van der Waals surface area contributed by atoms with E-state index in [0.717, 1.165) is 24.3 Å². The van der Waals surface area contributed by atoms with Crippen LogP contribution in [-0.2, 0) is 23.0 Å². The minimum atomic E-state index is -3.72. The summed E-state index contributed by atoms with van der Waals surface area (Å²) in [5.74, 6) is 1.59. The van der Waals surface area contributed by atoms with E-state index >= 15 is 0 Å². The van der Waals surface area contributed by atoms with Gasteiger partial charge in [-0.25, -0.2) is 18.5 Å². The number of nitrogens with zero attached hydrogens (tertiary/aromatic N) is 1. The van der Waals surface area contributed by atoms with E-state index in [1.165, 1.54) is 11.6 Å². The lowest BCUT2D eigenvalue weighted by atomic mass is 10.1. The van der Waals surface area contributed by atoms with Crippen molar-refractivity contribution in [2.45, 2.75) is 30.9 Å². The molecule has 0 radical (unpaired) electrons. The van der Waals surface area contributed by atoms with Gasteiger partial charge >= 0.3 is 0 Å². The van der Waals surface area contributed by atoms with Gasteiger partial charge in [0.15, 0.2) is 5.96 Å². The molecule has 7 nitrogen and oxygen atoms in total. The van der Waals surface area contributed by atoms with Crippen LogP contribution in [0, 0.1) is 0 Å². The van der Waals surface area contributed by atoms with E-state index in [-0.39, 0.29) is 35.0 Å². The highest BCUT2D eigenvalue weighted by molar-refractivity contribution is 14.0. The summed E-state index contributed by atoms with van der Waals surface area (Å²) >= 11 is 0. The van der Waals surface area contributed by atoms with Crippen molar-refractivity contribution in [3.05, 3.63) is 59.7 Å². The van der Waals surface area contributed by atoms with Crippen LogP contribution < -0.4 is 20.5 Å². The second-order valence-electron chi connectivity index (χ2n) is 6.32. The molecule has 2 aromatic rings. The zero-order valence-corrected chi connectivity index (χ0v) is 18.7. The molecule has 0 bridgehead atoms. The highest BCUT2D eigenvalue weighted by Crippen LogP contribution is 2.27. The number of guanidine groups is 1. The Bertz CT molecular complexity index is 909. The molecule has 2 aromatic carbocycles. The Labute approximate surface area is 182 Å². The van der Waals surface area contributed by atoms with Gasteiger partial charge in [0.25, 0.3) is 0 Å². The fourth-order valence-electron chi connectivity index (χ4n) is 2.91. The quantitative estimate of drug-likeness (QED) is 0.310. The highest BCUT2D eigenvalue weighted by Gasteiger charge is 2.22. The smallest absolute Gasteiger partial charge is 0.238 e. The Hall–Kier alpha value is -1.85. The van der Waals surface area contributed by atoms with E-state index in [0.29, 0.717) is 19.0 Å². The molecule has 1 aliphatic rings. The number of benzene rings is 2. The third-order valence-electron chi connectivity index (χ3n) is 4.20. The molecular weight excluding hydrogens is 491 g/mol. The van der Waals surface area contributed by atoms with E-state index in [1.54, 1.807) is 12.1 Å². The molecule has 1 atom stereocenters. The Morgan fingerprint density at radius 2 is 2.00 bits per heavy atom. The van der Waals surface area contributed by atoms with E-state index in [2.05, 4.69) is 21.7 Å². The van der Waals surface area contributed by atoms with Gasteiger partial charge in [0.05, 0.1) is 18.0 Å². The number of fused-ring (bicyclic) bond motifs is 1. The van der Waals surface area contributed by atoms with E-state index < -0.39 is 10.0 Å². The molecule has 0 fully saturated rings. The first-order valence-corrected chi connectivity index (χ1v) is 10.4. The van der Waals surface area contributed by atoms with Crippen molar-refractivity contribution in [3.8, 4) is 5.75 Å². The monoisotopic (exact) mass is 516 g/mol. The van der Waals surface area contributed by atoms with Crippen LogP contribution >= 0.6 is 24.0 Å². The maximum absolute atomic E-state index is 11.5. The lowest BCUT2D eigenvalue weighted by Gasteiger charge is -2.15. The third kappa shape index (κ3) is 6.08. The number of nitrogens with two attached hydrogens (primary N) is 1. The van der Waals surface area contributed by atoms with Gasteiger partial charge in [0, 0.05) is 13.0 Å². The van der Waals surface area contributed by atoms with Gasteiger partial charge in [-0.1, -0.05) is 30.3 Å². The molecule has 152 valence electrons. The van der Waals surface area contributed by atoms with Gasteiger partial charge in [0.2, 0.25) is 10.0 Å². The molecule has 0 aromatic heterocycles. The zero-order valence-electron chi connectivity index (χ0n) is 15.6. The number of nitrogens with one attached hydrogen (secondary N) is 2. The van der Waals surface area contributed by atoms with Crippen LogP contribution in [0.5, 0.6) is 5.75 Å². The van der Waals surface area contributed by atoms with Gasteiger partial charge < -0.3 is 15.4 Å². The van der Waals surface area contributed by atoms with Crippen molar-refractivity contribution in [2.75, 3.05) is 13.1 Å². The minimum absolute atomic E-state index is 0. The second-order valence-corrected chi connectivity index (χ2v) is 7.88. The molecule has 9 heteroatoms. The van der Waals surface area contributed by atoms with Crippen molar-refractivity contribution < 1.29 is 13.2 Å². The summed E-state index contributed by atoms with van der Waals surface area (Å²) in [5.41, 5.74) is 1.98. The first-order chi connectivity index (χ1) is 13.0. The van der Waals surface area contributed by atoms with Crippen molar-refractivity contribution in [3.63, 3.8) is 0 Å². The number of hydrogen-bond donors (Lipinski definition) is 3. The SMILES string of the molecule is CCNC(=NCc1cccc(S(N)(=O)=O)c1)NCC1Cc2ccccc2O1.I. The number of sulfonamides is 1. The number of rotatable bonds is 6. The fourth-order valence-corrected chi connectivity index (χ4v) is 3.50. The molecule has 0 aliphatic carbocycles. The first-order valence-electron chi connectivity index (χ1n) is 8.84. The fraction of sp³-hybridized carbons (Fsp3) is 0.316. The van der Waals surface area contributed by atoms with Gasteiger partial charge in [0.1, 0.15) is 11.9 Å². The van der Waals surface area contributed by atoms with Crippen molar-refractivity contribution >= 4 is 40.0 Å². The summed E-state index contributed by atoms with van der Waals surface area (Å²) in [5, 5.41) is 11.6. The first kappa shape index (κ1) is 22.4. The highest BCUT2D eigenvalue weighted by atomic mass is 127. The Kier molecular flexibility index (Phi) is 8.08. The summed E-state index contributed by atoms with van der Waals surface area (Å²) in [6.45, 7) is 3.66. The van der Waals surface area contributed by atoms with Crippen LogP contribution in [0.25, 0.3) is 0 Å². The van der Waals surface area contributed by atoms with Crippen LogP contribution in [0.4, 0.5) is 0 Å². The molecule has 0 saturated heterocycles. The van der Waals surface area contributed by atoms with Crippen LogP contribution in [0.2, 0.25) is 0 Å². The molecule has 1 unspecified atom stereocenters. The summed E-state index contributed by atoms with van der Waals surface area (Å²) in [6, 6.07) is 14.5. The molecule has 0 saturated carbocycles. The zero-order chi connectivity index (χ0) is 19.3. The molecule has 0 spiro atoms. The predicted octanol–water partition coefficient (Wildman–Crippen LogP) is 2.01. The van der Waals surface area contributed by atoms with Crippen molar-refractivity contribution in [2.24, 2.45) is 10.1 Å². The number of halogens is 1. The summed E-state index contributed by atoms with van der Waals surface area (Å²) in [6.07, 6.45) is 0.913. The normalized spacial score (nSPS) is 15.9. The molecule has 4 N–H and O–H groups in total. The van der Waals surface area contributed by atoms with Gasteiger partial charge in [-0.15, -0.1) is 24.0 Å². The summed E-state index contributed by atoms with van der Waals surface area (Å²) in [7, 11) is -3.72. The number of hydrogen-bond acceptors (Lipinski definition) is 4. The Balaban J connectivity index is 0.00000280. The van der Waals surface area contributed by atoms with E-state index in [9.17, 15) is 8.42 Å². The molecular formula is C19H25IN4O3S. The van der Waals surface area contributed by atoms with Gasteiger partial charge in [-0.2, -0.15) is 0 Å². The molecule has 3 rings (SSSR count). The molecule has 1 aliphatic heterocycles. The summed E-state index contributed by atoms with van der Waals surface area (Å²) < 4.78 is 28.9. The third-order valence-corrected chi connectivity index (χ3v) is 5.11. The van der Waals surface area contributed by atoms with E-state index in [1.807, 2.05) is 31.2 Å². The Morgan fingerprint density at radius 1 is 1.21 bits per heavy atom. The topological polar surface area (TPSA) is 106 Å². The lowest BCUT2D eigenvalue weighted by Crippen LogP contribution is -2.42. The number of primary sulfonamides is 1. The minimum Gasteiger partial charge on any atom is -0.488 e. The van der Waals surface area contributed by atoms with Crippen molar-refractivity contribution in [1.82, 2.24) is 10.6 Å². The maximum Gasteiger partial charge on any atom is 0.238 e. The van der Waals surface area contributed by atoms with Crippen LogP contribution in [-0.4, -0.2) is 33.6 Å². The molecule has 28 heavy (non-hydrogen) atoms. The van der Waals surface area contributed by atoms with E-state index in [4.69, 9.17) is 9.88 Å². The van der Waals surface area contributed by atoms with Gasteiger partial charge in [-0.3, -0.25) is 0 Å². The average molecular weight is 516 g/mol. The van der Waals surface area contributed by atoms with Crippen molar-refractivity contribution in [1.29, 1.82) is 0 Å². The van der Waals surface area contributed by atoms with Crippen LogP contribution in [0.3, 0.4) is 0 Å². The average Bonchev–Trinajstić information content (AvgIpc) is 3.06. The lowest BCUT2D eigenvalue weighted by molar-refractivity contribution is 0.235. The van der Waals surface area contributed by atoms with Gasteiger partial charge in [-0.05, 0) is 36.2 Å².